The Morgan fingerprint density at radius 3 is 2.62 bits per heavy atom. The number of amides is 1. The van der Waals surface area contributed by atoms with Crippen LogP contribution >= 0.6 is 11.3 Å². The zero-order valence-corrected chi connectivity index (χ0v) is 18.7. The largest absolute Gasteiger partial charge is 0.454 e. The van der Waals surface area contributed by atoms with Gasteiger partial charge in [-0.2, -0.15) is 8.42 Å². The van der Waals surface area contributed by atoms with Crippen molar-refractivity contribution in [2.45, 2.75) is 25.8 Å². The minimum absolute atomic E-state index is 0.129. The van der Waals surface area contributed by atoms with E-state index in [4.69, 9.17) is 14.0 Å². The second-order valence-electron chi connectivity index (χ2n) is 7.10. The van der Waals surface area contributed by atoms with Crippen molar-refractivity contribution in [2.24, 2.45) is 0 Å². The minimum atomic E-state index is -4.34. The third kappa shape index (κ3) is 5.36. The SMILES string of the molecule is CCc1csc(C(Cc2ccc(NS(=O)(=O)O)cc2)NC(=O)c2ccc3c(c2)OCO3)n1. The number of aryl methyl sites for hydroxylation is 1. The molecule has 0 saturated heterocycles. The van der Waals surface area contributed by atoms with Gasteiger partial charge < -0.3 is 14.8 Å². The van der Waals surface area contributed by atoms with Gasteiger partial charge in [0.15, 0.2) is 11.5 Å². The summed E-state index contributed by atoms with van der Waals surface area (Å²) in [4.78, 5) is 17.6. The molecule has 2 aromatic carbocycles. The molecule has 0 aliphatic carbocycles. The van der Waals surface area contributed by atoms with Crippen LogP contribution in [0.3, 0.4) is 0 Å². The van der Waals surface area contributed by atoms with Crippen molar-refractivity contribution in [1.29, 1.82) is 0 Å². The molecular weight excluding hydrogens is 454 g/mol. The van der Waals surface area contributed by atoms with Crippen molar-refractivity contribution < 1.29 is 27.2 Å². The number of benzene rings is 2. The first-order chi connectivity index (χ1) is 15.3. The second kappa shape index (κ2) is 9.15. The highest BCUT2D eigenvalue weighted by atomic mass is 32.2. The molecule has 2 heterocycles. The number of nitrogens with zero attached hydrogens (tertiary/aromatic N) is 1. The molecule has 1 aliphatic heterocycles. The summed E-state index contributed by atoms with van der Waals surface area (Å²) in [5.74, 6) is 0.856. The number of hydrogen-bond donors (Lipinski definition) is 3. The molecule has 1 unspecified atom stereocenters. The lowest BCUT2D eigenvalue weighted by Crippen LogP contribution is -2.30. The van der Waals surface area contributed by atoms with Crippen molar-refractivity contribution in [2.75, 3.05) is 11.5 Å². The summed E-state index contributed by atoms with van der Waals surface area (Å²) in [7, 11) is -4.34. The van der Waals surface area contributed by atoms with Gasteiger partial charge >= 0.3 is 10.3 Å². The molecule has 0 radical (unpaired) electrons. The molecule has 32 heavy (non-hydrogen) atoms. The van der Waals surface area contributed by atoms with Crippen LogP contribution < -0.4 is 19.5 Å². The number of carbonyl (C=O) groups is 1. The highest BCUT2D eigenvalue weighted by molar-refractivity contribution is 7.87. The van der Waals surface area contributed by atoms with E-state index in [1.54, 1.807) is 42.5 Å². The van der Waals surface area contributed by atoms with E-state index in [-0.39, 0.29) is 18.4 Å². The van der Waals surface area contributed by atoms with Crippen LogP contribution in [0.4, 0.5) is 5.69 Å². The third-order valence-corrected chi connectivity index (χ3v) is 6.31. The Hall–Kier alpha value is -3.15. The monoisotopic (exact) mass is 475 g/mol. The number of thiazole rings is 1. The summed E-state index contributed by atoms with van der Waals surface area (Å²) in [6.07, 6.45) is 1.23. The Morgan fingerprint density at radius 1 is 1.19 bits per heavy atom. The lowest BCUT2D eigenvalue weighted by molar-refractivity contribution is 0.0936. The molecule has 3 N–H and O–H groups in total. The predicted octanol–water partition coefficient (Wildman–Crippen LogP) is 3.36. The molecule has 168 valence electrons. The Bertz CT molecular complexity index is 1220. The molecule has 0 bridgehead atoms. The fourth-order valence-corrected chi connectivity index (χ4v) is 4.60. The summed E-state index contributed by atoms with van der Waals surface area (Å²) in [5, 5.41) is 5.78. The lowest BCUT2D eigenvalue weighted by atomic mass is 10.0. The standard InChI is InChI=1S/C21H21N3O6S2/c1-2-15-11-31-21(22-15)17(9-13-3-6-16(7-4-13)24-32(26,27)28)23-20(25)14-5-8-18-19(10-14)30-12-29-18/h3-8,10-11,17,24H,2,9,12H2,1H3,(H,23,25)(H,26,27,28). The molecule has 1 aliphatic rings. The average molecular weight is 476 g/mol. The lowest BCUT2D eigenvalue weighted by Gasteiger charge is -2.17. The van der Waals surface area contributed by atoms with E-state index in [9.17, 15) is 13.2 Å². The van der Waals surface area contributed by atoms with Gasteiger partial charge in [0.05, 0.1) is 17.4 Å². The normalized spacial score (nSPS) is 13.6. The quantitative estimate of drug-likeness (QED) is 0.426. The van der Waals surface area contributed by atoms with E-state index < -0.39 is 16.3 Å². The van der Waals surface area contributed by atoms with Crippen molar-refractivity contribution in [1.82, 2.24) is 10.3 Å². The van der Waals surface area contributed by atoms with E-state index in [0.29, 0.717) is 23.5 Å². The van der Waals surface area contributed by atoms with Crippen LogP contribution in [0.15, 0.2) is 47.8 Å². The first-order valence-corrected chi connectivity index (χ1v) is 12.1. The first kappa shape index (κ1) is 22.1. The summed E-state index contributed by atoms with van der Waals surface area (Å²) in [5.41, 5.74) is 2.48. The molecule has 0 fully saturated rings. The number of aromatic nitrogens is 1. The zero-order valence-electron chi connectivity index (χ0n) is 17.1. The molecule has 3 aromatic rings. The molecular formula is C21H21N3O6S2. The van der Waals surface area contributed by atoms with Crippen LogP contribution in [-0.2, 0) is 23.1 Å². The molecule has 11 heteroatoms. The average Bonchev–Trinajstić information content (AvgIpc) is 3.42. The number of carbonyl (C=O) groups excluding carboxylic acids is 1. The Morgan fingerprint density at radius 2 is 1.94 bits per heavy atom. The number of rotatable bonds is 8. The maximum Gasteiger partial charge on any atom is 0.357 e. The van der Waals surface area contributed by atoms with Crippen LogP contribution in [0.5, 0.6) is 11.5 Å². The molecule has 4 rings (SSSR count). The number of hydrogen-bond acceptors (Lipinski definition) is 7. The van der Waals surface area contributed by atoms with Gasteiger partial charge in [-0.15, -0.1) is 11.3 Å². The molecule has 1 amide bonds. The van der Waals surface area contributed by atoms with E-state index in [0.717, 1.165) is 22.7 Å². The van der Waals surface area contributed by atoms with Gasteiger partial charge in [-0.25, -0.2) is 4.98 Å². The molecule has 1 aromatic heterocycles. The number of fused-ring (bicyclic) bond motifs is 1. The van der Waals surface area contributed by atoms with Crippen molar-refractivity contribution in [3.63, 3.8) is 0 Å². The summed E-state index contributed by atoms with van der Waals surface area (Å²) in [6, 6.07) is 11.2. The summed E-state index contributed by atoms with van der Waals surface area (Å²) < 4.78 is 43.5. The van der Waals surface area contributed by atoms with Gasteiger partial charge in [0.25, 0.3) is 5.91 Å². The molecule has 9 nitrogen and oxygen atoms in total. The number of nitrogens with one attached hydrogen (secondary N) is 2. The molecule has 0 spiro atoms. The van der Waals surface area contributed by atoms with Crippen molar-refractivity contribution in [3.05, 3.63) is 69.7 Å². The van der Waals surface area contributed by atoms with Crippen LogP contribution in [0, 0.1) is 0 Å². The van der Waals surface area contributed by atoms with Gasteiger partial charge in [-0.1, -0.05) is 19.1 Å². The van der Waals surface area contributed by atoms with Gasteiger partial charge in [0.2, 0.25) is 6.79 Å². The topological polar surface area (TPSA) is 127 Å². The Kier molecular flexibility index (Phi) is 6.31. The van der Waals surface area contributed by atoms with Crippen molar-refractivity contribution >= 4 is 33.2 Å². The highest BCUT2D eigenvalue weighted by Crippen LogP contribution is 2.33. The number of ether oxygens (including phenoxy) is 2. The maximum atomic E-state index is 13.0. The van der Waals surface area contributed by atoms with Gasteiger partial charge in [-0.3, -0.25) is 14.1 Å². The Balaban J connectivity index is 1.54. The van der Waals surface area contributed by atoms with Crippen LogP contribution in [0.2, 0.25) is 0 Å². The van der Waals surface area contributed by atoms with Gasteiger partial charge in [0.1, 0.15) is 5.01 Å². The zero-order chi connectivity index (χ0) is 22.7. The summed E-state index contributed by atoms with van der Waals surface area (Å²) >= 11 is 1.47. The summed E-state index contributed by atoms with van der Waals surface area (Å²) in [6.45, 7) is 2.14. The van der Waals surface area contributed by atoms with Crippen LogP contribution in [-0.4, -0.2) is 30.7 Å². The van der Waals surface area contributed by atoms with E-state index in [2.05, 4.69) is 10.3 Å². The van der Waals surface area contributed by atoms with E-state index in [1.165, 1.54) is 11.3 Å². The van der Waals surface area contributed by atoms with Crippen molar-refractivity contribution in [3.8, 4) is 11.5 Å². The van der Waals surface area contributed by atoms with Gasteiger partial charge in [-0.05, 0) is 48.7 Å². The third-order valence-electron chi connectivity index (χ3n) is 4.81. The van der Waals surface area contributed by atoms with Crippen LogP contribution in [0.1, 0.15) is 39.6 Å². The van der Waals surface area contributed by atoms with Gasteiger partial charge in [0, 0.05) is 10.9 Å². The minimum Gasteiger partial charge on any atom is -0.454 e. The van der Waals surface area contributed by atoms with E-state index in [1.807, 2.05) is 17.0 Å². The molecule has 1 atom stereocenters. The fourth-order valence-electron chi connectivity index (χ4n) is 3.22. The van der Waals surface area contributed by atoms with E-state index >= 15 is 0 Å². The fraction of sp³-hybridized carbons (Fsp3) is 0.238. The molecule has 0 saturated carbocycles. The first-order valence-electron chi connectivity index (χ1n) is 9.79. The maximum absolute atomic E-state index is 13.0. The smallest absolute Gasteiger partial charge is 0.357 e. The Labute approximate surface area is 189 Å². The second-order valence-corrected chi connectivity index (χ2v) is 9.15. The highest BCUT2D eigenvalue weighted by Gasteiger charge is 2.22. The van der Waals surface area contributed by atoms with Crippen LogP contribution in [0.25, 0.3) is 0 Å². The predicted molar refractivity (Wildman–Crippen MR) is 120 cm³/mol. The number of anilines is 1.